The van der Waals surface area contributed by atoms with E-state index >= 15 is 0 Å². The van der Waals surface area contributed by atoms with Gasteiger partial charge in [-0.25, -0.2) is 9.97 Å². The van der Waals surface area contributed by atoms with Crippen molar-refractivity contribution in [3.05, 3.63) is 16.9 Å². The summed E-state index contributed by atoms with van der Waals surface area (Å²) >= 11 is 3.27. The topological polar surface area (TPSA) is 47.0 Å². The fraction of sp³-hybridized carbons (Fsp3) is 0.556. The molecule has 1 rings (SSSR count). The van der Waals surface area contributed by atoms with E-state index in [9.17, 15) is 0 Å². The largest absolute Gasteiger partial charge is 0.377 e. The van der Waals surface area contributed by atoms with Gasteiger partial charge in [-0.15, -0.1) is 0 Å². The predicted molar refractivity (Wildman–Crippen MR) is 59.3 cm³/mol. The van der Waals surface area contributed by atoms with Crippen molar-refractivity contribution in [2.24, 2.45) is 0 Å². The monoisotopic (exact) mass is 259 g/mol. The fourth-order valence-corrected chi connectivity index (χ4v) is 1.19. The molecule has 1 atom stereocenters. The van der Waals surface area contributed by atoms with E-state index in [1.54, 1.807) is 12.4 Å². The Morgan fingerprint density at radius 2 is 2.14 bits per heavy atom. The standard InChI is InChI=1S/C9H14BrN3O/c1-3-14-7(2)4-11-9-12-5-8(10)6-13-9/h5-7H,3-4H2,1-2H3,(H,11,12,13). The number of aromatic nitrogens is 2. The van der Waals surface area contributed by atoms with E-state index in [2.05, 4.69) is 31.2 Å². The zero-order valence-electron chi connectivity index (χ0n) is 8.33. The second-order valence-electron chi connectivity index (χ2n) is 2.87. The molecular formula is C9H14BrN3O. The molecule has 1 N–H and O–H groups in total. The predicted octanol–water partition coefficient (Wildman–Crippen LogP) is 2.08. The van der Waals surface area contributed by atoms with Crippen LogP contribution in [-0.2, 0) is 4.74 Å². The molecule has 0 aliphatic heterocycles. The van der Waals surface area contributed by atoms with Crippen molar-refractivity contribution in [3.8, 4) is 0 Å². The molecule has 78 valence electrons. The molecule has 1 heterocycles. The van der Waals surface area contributed by atoms with Crippen molar-refractivity contribution in [1.29, 1.82) is 0 Å². The lowest BCUT2D eigenvalue weighted by Gasteiger charge is -2.11. The van der Waals surface area contributed by atoms with Gasteiger partial charge in [-0.05, 0) is 29.8 Å². The Morgan fingerprint density at radius 1 is 1.50 bits per heavy atom. The first-order chi connectivity index (χ1) is 6.72. The zero-order valence-corrected chi connectivity index (χ0v) is 9.91. The Kier molecular flexibility index (Phi) is 4.82. The van der Waals surface area contributed by atoms with E-state index in [-0.39, 0.29) is 6.10 Å². The van der Waals surface area contributed by atoms with Gasteiger partial charge in [0, 0.05) is 25.5 Å². The highest BCUT2D eigenvalue weighted by atomic mass is 79.9. The number of nitrogens with one attached hydrogen (secondary N) is 1. The first-order valence-electron chi connectivity index (χ1n) is 4.55. The molecule has 0 amide bonds. The fourth-order valence-electron chi connectivity index (χ4n) is 0.982. The van der Waals surface area contributed by atoms with Gasteiger partial charge in [0.2, 0.25) is 5.95 Å². The quantitative estimate of drug-likeness (QED) is 0.880. The molecule has 0 fully saturated rings. The highest BCUT2D eigenvalue weighted by Gasteiger charge is 2.01. The van der Waals surface area contributed by atoms with Gasteiger partial charge in [0.05, 0.1) is 10.6 Å². The normalized spacial score (nSPS) is 12.5. The van der Waals surface area contributed by atoms with Crippen molar-refractivity contribution in [2.75, 3.05) is 18.5 Å². The van der Waals surface area contributed by atoms with Crippen LogP contribution >= 0.6 is 15.9 Å². The van der Waals surface area contributed by atoms with Gasteiger partial charge in [-0.1, -0.05) is 0 Å². The molecule has 4 nitrogen and oxygen atoms in total. The van der Waals surface area contributed by atoms with Gasteiger partial charge in [0.1, 0.15) is 0 Å². The lowest BCUT2D eigenvalue weighted by atomic mass is 10.4. The maximum absolute atomic E-state index is 5.36. The minimum Gasteiger partial charge on any atom is -0.377 e. The number of hydrogen-bond donors (Lipinski definition) is 1. The van der Waals surface area contributed by atoms with Gasteiger partial charge >= 0.3 is 0 Å². The summed E-state index contributed by atoms with van der Waals surface area (Å²) in [5.74, 6) is 0.625. The van der Waals surface area contributed by atoms with Crippen molar-refractivity contribution in [1.82, 2.24) is 9.97 Å². The summed E-state index contributed by atoms with van der Waals surface area (Å²) < 4.78 is 6.24. The summed E-state index contributed by atoms with van der Waals surface area (Å²) in [6.45, 7) is 5.43. The van der Waals surface area contributed by atoms with Crippen molar-refractivity contribution < 1.29 is 4.74 Å². The van der Waals surface area contributed by atoms with Crippen LogP contribution in [0.3, 0.4) is 0 Å². The van der Waals surface area contributed by atoms with Crippen LogP contribution in [0, 0.1) is 0 Å². The van der Waals surface area contributed by atoms with Crippen LogP contribution in [0.25, 0.3) is 0 Å². The highest BCUT2D eigenvalue weighted by Crippen LogP contribution is 2.06. The van der Waals surface area contributed by atoms with Gasteiger partial charge < -0.3 is 10.1 Å². The Hall–Kier alpha value is -0.680. The average Bonchev–Trinajstić information content (AvgIpc) is 2.17. The molecule has 0 spiro atoms. The van der Waals surface area contributed by atoms with Gasteiger partial charge in [-0.3, -0.25) is 0 Å². The third-order valence-electron chi connectivity index (χ3n) is 1.62. The zero-order chi connectivity index (χ0) is 10.4. The average molecular weight is 260 g/mol. The van der Waals surface area contributed by atoms with Crippen LogP contribution in [0.5, 0.6) is 0 Å². The molecule has 14 heavy (non-hydrogen) atoms. The number of rotatable bonds is 5. The van der Waals surface area contributed by atoms with Crippen molar-refractivity contribution >= 4 is 21.9 Å². The number of nitrogens with zero attached hydrogens (tertiary/aromatic N) is 2. The van der Waals surface area contributed by atoms with E-state index in [1.807, 2.05) is 13.8 Å². The molecule has 1 aromatic rings. The van der Waals surface area contributed by atoms with Crippen LogP contribution in [0.15, 0.2) is 16.9 Å². The molecule has 1 aromatic heterocycles. The summed E-state index contributed by atoms with van der Waals surface area (Å²) in [5.41, 5.74) is 0. The first-order valence-corrected chi connectivity index (χ1v) is 5.34. The van der Waals surface area contributed by atoms with Crippen molar-refractivity contribution in [3.63, 3.8) is 0 Å². The minimum absolute atomic E-state index is 0.173. The van der Waals surface area contributed by atoms with Gasteiger partial charge in [-0.2, -0.15) is 0 Å². The SMILES string of the molecule is CCOC(C)CNc1ncc(Br)cn1. The lowest BCUT2D eigenvalue weighted by molar-refractivity contribution is 0.0854. The molecule has 0 aliphatic rings. The Balaban J connectivity index is 2.34. The summed E-state index contributed by atoms with van der Waals surface area (Å²) in [6.07, 6.45) is 3.59. The Morgan fingerprint density at radius 3 is 2.71 bits per heavy atom. The van der Waals surface area contributed by atoms with Gasteiger partial charge in [0.15, 0.2) is 0 Å². The summed E-state index contributed by atoms with van der Waals surface area (Å²) in [6, 6.07) is 0. The van der Waals surface area contributed by atoms with E-state index in [0.717, 1.165) is 17.6 Å². The lowest BCUT2D eigenvalue weighted by Crippen LogP contribution is -2.20. The first kappa shape index (κ1) is 11.4. The van der Waals surface area contributed by atoms with Crippen LogP contribution < -0.4 is 5.32 Å². The van der Waals surface area contributed by atoms with Crippen LogP contribution in [0.4, 0.5) is 5.95 Å². The van der Waals surface area contributed by atoms with Crippen molar-refractivity contribution in [2.45, 2.75) is 20.0 Å². The number of anilines is 1. The third-order valence-corrected chi connectivity index (χ3v) is 2.03. The van der Waals surface area contributed by atoms with E-state index in [4.69, 9.17) is 4.74 Å². The molecule has 0 saturated carbocycles. The number of hydrogen-bond acceptors (Lipinski definition) is 4. The number of halogens is 1. The summed E-state index contributed by atoms with van der Waals surface area (Å²) in [5, 5.41) is 3.09. The molecular weight excluding hydrogens is 246 g/mol. The highest BCUT2D eigenvalue weighted by molar-refractivity contribution is 9.10. The van der Waals surface area contributed by atoms with Crippen LogP contribution in [0.2, 0.25) is 0 Å². The molecule has 0 saturated heterocycles. The molecule has 1 unspecified atom stereocenters. The van der Waals surface area contributed by atoms with E-state index < -0.39 is 0 Å². The van der Waals surface area contributed by atoms with Gasteiger partial charge in [0.25, 0.3) is 0 Å². The Labute approximate surface area is 92.2 Å². The van der Waals surface area contributed by atoms with Crippen LogP contribution in [0.1, 0.15) is 13.8 Å². The molecule has 0 aliphatic carbocycles. The Bertz CT molecular complexity index is 265. The third kappa shape index (κ3) is 4.02. The molecule has 5 heteroatoms. The number of ether oxygens (including phenoxy) is 1. The maximum atomic E-state index is 5.36. The summed E-state index contributed by atoms with van der Waals surface area (Å²) in [7, 11) is 0. The smallest absolute Gasteiger partial charge is 0.222 e. The molecule has 0 aromatic carbocycles. The van der Waals surface area contributed by atoms with Crippen LogP contribution in [-0.4, -0.2) is 29.2 Å². The second-order valence-corrected chi connectivity index (χ2v) is 3.79. The van der Waals surface area contributed by atoms with E-state index in [0.29, 0.717) is 5.95 Å². The summed E-state index contributed by atoms with van der Waals surface area (Å²) in [4.78, 5) is 8.17. The molecule has 0 radical (unpaired) electrons. The minimum atomic E-state index is 0.173. The second kappa shape index (κ2) is 5.93. The van der Waals surface area contributed by atoms with E-state index in [1.165, 1.54) is 0 Å². The molecule has 0 bridgehead atoms. The maximum Gasteiger partial charge on any atom is 0.222 e.